The fourth-order valence-electron chi connectivity index (χ4n) is 2.81. The Balaban J connectivity index is 1.92. The Hall–Kier alpha value is -2.20. The van der Waals surface area contributed by atoms with Gasteiger partial charge in [0.25, 0.3) is 0 Å². The first-order valence-electron chi connectivity index (χ1n) is 7.55. The summed E-state index contributed by atoms with van der Waals surface area (Å²) in [5, 5.41) is 0. The maximum atomic E-state index is 5.82. The van der Waals surface area contributed by atoms with Crippen LogP contribution in [0.25, 0.3) is 0 Å². The smallest absolute Gasteiger partial charge is 0.161 e. The summed E-state index contributed by atoms with van der Waals surface area (Å²) in [5.74, 6) is 2.74. The molecule has 1 aliphatic heterocycles. The maximum Gasteiger partial charge on any atom is 0.161 e. The van der Waals surface area contributed by atoms with E-state index in [1.165, 1.54) is 11.1 Å². The summed E-state index contributed by atoms with van der Waals surface area (Å²) in [5.41, 5.74) is 8.24. The second-order valence-electron chi connectivity index (χ2n) is 5.31. The lowest BCUT2D eigenvalue weighted by Crippen LogP contribution is -2.16. The topological polar surface area (TPSA) is 53.7 Å². The number of hydrogen-bond acceptors (Lipinski definition) is 4. The summed E-state index contributed by atoms with van der Waals surface area (Å²) in [6.45, 7) is 1.84. The highest BCUT2D eigenvalue weighted by atomic mass is 16.6. The van der Waals surface area contributed by atoms with E-state index in [-0.39, 0.29) is 5.92 Å². The molecule has 0 aromatic heterocycles. The third kappa shape index (κ3) is 3.02. The molecule has 0 radical (unpaired) electrons. The van der Waals surface area contributed by atoms with Gasteiger partial charge in [0.15, 0.2) is 11.5 Å². The zero-order valence-corrected chi connectivity index (χ0v) is 12.7. The normalized spacial score (nSPS) is 14.5. The van der Waals surface area contributed by atoms with Crippen molar-refractivity contribution < 1.29 is 14.2 Å². The Morgan fingerprint density at radius 3 is 2.36 bits per heavy atom. The lowest BCUT2D eigenvalue weighted by atomic mass is 9.88. The molecule has 0 spiro atoms. The van der Waals surface area contributed by atoms with Gasteiger partial charge in [0.05, 0.1) is 7.11 Å². The van der Waals surface area contributed by atoms with Crippen molar-refractivity contribution in [3.63, 3.8) is 0 Å². The van der Waals surface area contributed by atoms with Crippen LogP contribution in [-0.4, -0.2) is 26.9 Å². The van der Waals surface area contributed by atoms with E-state index >= 15 is 0 Å². The molecule has 0 bridgehead atoms. The molecule has 116 valence electrons. The van der Waals surface area contributed by atoms with Crippen LogP contribution in [0.2, 0.25) is 0 Å². The molecule has 2 aromatic rings. The van der Waals surface area contributed by atoms with E-state index < -0.39 is 0 Å². The van der Waals surface area contributed by atoms with Crippen molar-refractivity contribution in [1.82, 2.24) is 0 Å². The monoisotopic (exact) mass is 299 g/mol. The lowest BCUT2D eigenvalue weighted by Gasteiger charge is -2.22. The van der Waals surface area contributed by atoms with Crippen LogP contribution >= 0.6 is 0 Å². The van der Waals surface area contributed by atoms with Crippen LogP contribution in [0.4, 0.5) is 0 Å². The highest BCUT2D eigenvalue weighted by molar-refractivity contribution is 5.47. The Morgan fingerprint density at radius 2 is 1.68 bits per heavy atom. The fourth-order valence-corrected chi connectivity index (χ4v) is 2.81. The molecule has 0 aliphatic carbocycles. The van der Waals surface area contributed by atoms with E-state index in [2.05, 4.69) is 24.3 Å². The summed E-state index contributed by atoms with van der Waals surface area (Å²) >= 11 is 0. The highest BCUT2D eigenvalue weighted by Gasteiger charge is 2.18. The van der Waals surface area contributed by atoms with Crippen LogP contribution in [0.5, 0.6) is 17.2 Å². The molecular formula is C18H21NO3. The molecule has 2 aromatic carbocycles. The molecule has 0 saturated heterocycles. The summed E-state index contributed by atoms with van der Waals surface area (Å²) in [7, 11) is 1.67. The Bertz CT molecular complexity index is 625. The lowest BCUT2D eigenvalue weighted by molar-refractivity contribution is 0.171. The molecular weight excluding hydrogens is 278 g/mol. The van der Waals surface area contributed by atoms with E-state index in [1.54, 1.807) is 7.11 Å². The Morgan fingerprint density at radius 1 is 1.00 bits per heavy atom. The van der Waals surface area contributed by atoms with Gasteiger partial charge in [0.2, 0.25) is 0 Å². The van der Waals surface area contributed by atoms with Gasteiger partial charge in [-0.1, -0.05) is 18.2 Å². The van der Waals surface area contributed by atoms with E-state index in [9.17, 15) is 0 Å². The molecule has 3 rings (SSSR count). The van der Waals surface area contributed by atoms with Crippen molar-refractivity contribution in [2.24, 2.45) is 5.73 Å². The average molecular weight is 299 g/mol. The first kappa shape index (κ1) is 14.7. The zero-order chi connectivity index (χ0) is 15.4. The average Bonchev–Trinajstić information content (AvgIpc) is 2.59. The molecule has 0 saturated carbocycles. The van der Waals surface area contributed by atoms with Crippen molar-refractivity contribution in [3.05, 3.63) is 53.6 Å². The van der Waals surface area contributed by atoms with Crippen LogP contribution in [0.1, 0.15) is 23.5 Å². The van der Waals surface area contributed by atoms with Gasteiger partial charge in [-0.05, 0) is 48.4 Å². The third-order valence-corrected chi connectivity index (χ3v) is 3.94. The van der Waals surface area contributed by atoms with Gasteiger partial charge >= 0.3 is 0 Å². The molecule has 4 nitrogen and oxygen atoms in total. The second kappa shape index (κ2) is 6.71. The summed E-state index contributed by atoms with van der Waals surface area (Å²) in [6, 6.07) is 14.3. The van der Waals surface area contributed by atoms with E-state index in [0.29, 0.717) is 19.8 Å². The molecule has 22 heavy (non-hydrogen) atoms. The van der Waals surface area contributed by atoms with Crippen molar-refractivity contribution in [2.45, 2.75) is 12.3 Å². The number of rotatable bonds is 5. The van der Waals surface area contributed by atoms with Gasteiger partial charge in [-0.2, -0.15) is 0 Å². The van der Waals surface area contributed by atoms with Gasteiger partial charge in [-0.25, -0.2) is 0 Å². The standard InChI is InChI=1S/C18H21NO3/c1-20-15-5-2-13(3-6-15)16(8-9-19)14-4-7-17-18(12-14)22-11-10-21-17/h2-7,12,16H,8-11,19H2,1H3. The van der Waals surface area contributed by atoms with E-state index in [1.807, 2.05) is 18.2 Å². The van der Waals surface area contributed by atoms with Gasteiger partial charge in [0.1, 0.15) is 19.0 Å². The van der Waals surface area contributed by atoms with Gasteiger partial charge in [-0.15, -0.1) is 0 Å². The van der Waals surface area contributed by atoms with Gasteiger partial charge in [0, 0.05) is 5.92 Å². The number of methoxy groups -OCH3 is 1. The predicted octanol–water partition coefficient (Wildman–Crippen LogP) is 2.95. The van der Waals surface area contributed by atoms with Crippen molar-refractivity contribution in [1.29, 1.82) is 0 Å². The molecule has 2 N–H and O–H groups in total. The molecule has 1 unspecified atom stereocenters. The van der Waals surface area contributed by atoms with Crippen molar-refractivity contribution in [3.8, 4) is 17.2 Å². The number of nitrogens with two attached hydrogens (primary N) is 1. The van der Waals surface area contributed by atoms with Crippen LogP contribution in [-0.2, 0) is 0 Å². The first-order chi connectivity index (χ1) is 10.8. The largest absolute Gasteiger partial charge is 0.497 e. The Kier molecular flexibility index (Phi) is 4.49. The minimum absolute atomic E-state index is 0.242. The summed E-state index contributed by atoms with van der Waals surface area (Å²) < 4.78 is 16.5. The quantitative estimate of drug-likeness (QED) is 0.922. The summed E-state index contributed by atoms with van der Waals surface area (Å²) in [6.07, 6.45) is 0.881. The number of hydrogen-bond donors (Lipinski definition) is 1. The zero-order valence-electron chi connectivity index (χ0n) is 12.7. The van der Waals surface area contributed by atoms with Crippen LogP contribution in [0, 0.1) is 0 Å². The molecule has 0 fully saturated rings. The van der Waals surface area contributed by atoms with Crippen LogP contribution in [0.3, 0.4) is 0 Å². The van der Waals surface area contributed by atoms with Crippen LogP contribution < -0.4 is 19.9 Å². The SMILES string of the molecule is COc1ccc(C(CCN)c2ccc3c(c2)OCCO3)cc1. The molecule has 1 heterocycles. The molecule has 0 amide bonds. The molecule has 1 aliphatic rings. The number of ether oxygens (including phenoxy) is 3. The molecule has 4 heteroatoms. The number of fused-ring (bicyclic) bond motifs is 1. The maximum absolute atomic E-state index is 5.82. The van der Waals surface area contributed by atoms with Crippen LogP contribution in [0.15, 0.2) is 42.5 Å². The second-order valence-corrected chi connectivity index (χ2v) is 5.31. The van der Waals surface area contributed by atoms with Crippen molar-refractivity contribution >= 4 is 0 Å². The minimum Gasteiger partial charge on any atom is -0.497 e. The third-order valence-electron chi connectivity index (χ3n) is 3.94. The minimum atomic E-state index is 0.242. The van der Waals surface area contributed by atoms with E-state index in [0.717, 1.165) is 23.7 Å². The predicted molar refractivity (Wildman–Crippen MR) is 85.9 cm³/mol. The van der Waals surface area contributed by atoms with Gasteiger partial charge < -0.3 is 19.9 Å². The van der Waals surface area contributed by atoms with Gasteiger partial charge in [-0.3, -0.25) is 0 Å². The molecule has 1 atom stereocenters. The Labute approximate surface area is 130 Å². The number of benzene rings is 2. The summed E-state index contributed by atoms with van der Waals surface area (Å²) in [4.78, 5) is 0. The van der Waals surface area contributed by atoms with E-state index in [4.69, 9.17) is 19.9 Å². The fraction of sp³-hybridized carbons (Fsp3) is 0.333. The first-order valence-corrected chi connectivity index (χ1v) is 7.55. The van der Waals surface area contributed by atoms with Crippen molar-refractivity contribution in [2.75, 3.05) is 26.9 Å². The highest BCUT2D eigenvalue weighted by Crippen LogP contribution is 2.36.